The first-order valence-electron chi connectivity index (χ1n) is 7.83. The Morgan fingerprint density at radius 1 is 1.27 bits per heavy atom. The molecule has 1 fully saturated rings. The van der Waals surface area contributed by atoms with E-state index >= 15 is 0 Å². The zero-order valence-electron chi connectivity index (χ0n) is 14.0. The molecule has 0 radical (unpaired) electrons. The van der Waals surface area contributed by atoms with E-state index in [2.05, 4.69) is 4.72 Å². The second-order valence-electron chi connectivity index (χ2n) is 5.97. The Morgan fingerprint density at radius 2 is 1.96 bits per heavy atom. The number of amides is 1. The maximum absolute atomic E-state index is 14.6. The number of hydrogen-bond acceptors (Lipinski definition) is 5. The summed E-state index contributed by atoms with van der Waals surface area (Å²) in [6.45, 7) is 0.483. The highest BCUT2D eigenvalue weighted by Crippen LogP contribution is 2.29. The highest BCUT2D eigenvalue weighted by atomic mass is 32.2. The van der Waals surface area contributed by atoms with E-state index in [0.717, 1.165) is 6.26 Å². The van der Waals surface area contributed by atoms with E-state index in [1.807, 2.05) is 0 Å². The van der Waals surface area contributed by atoms with E-state index in [9.17, 15) is 17.6 Å². The number of ether oxygens (including phenoxy) is 1. The average Bonchev–Trinajstić information content (AvgIpc) is 2.95. The minimum absolute atomic E-state index is 0.205. The van der Waals surface area contributed by atoms with Crippen molar-refractivity contribution in [3.8, 4) is 11.1 Å². The number of nitrogens with one attached hydrogen (secondary N) is 1. The van der Waals surface area contributed by atoms with Crippen LogP contribution in [0.5, 0.6) is 0 Å². The third-order valence-electron chi connectivity index (χ3n) is 3.90. The van der Waals surface area contributed by atoms with E-state index in [1.165, 1.54) is 11.0 Å². The molecule has 3 rings (SSSR count). The number of anilines is 2. The molecule has 0 bridgehead atoms. The average molecular weight is 379 g/mol. The van der Waals surface area contributed by atoms with Crippen LogP contribution in [0.25, 0.3) is 11.1 Å². The highest BCUT2D eigenvalue weighted by Gasteiger charge is 2.31. The Morgan fingerprint density at radius 3 is 2.50 bits per heavy atom. The predicted octanol–water partition coefficient (Wildman–Crippen LogP) is 2.15. The van der Waals surface area contributed by atoms with Crippen molar-refractivity contribution in [3.63, 3.8) is 0 Å². The van der Waals surface area contributed by atoms with Gasteiger partial charge in [-0.25, -0.2) is 17.6 Å². The van der Waals surface area contributed by atoms with Gasteiger partial charge >= 0.3 is 6.09 Å². The summed E-state index contributed by atoms with van der Waals surface area (Å²) >= 11 is 0. The first-order valence-corrected chi connectivity index (χ1v) is 9.72. The van der Waals surface area contributed by atoms with Crippen LogP contribution in [0.4, 0.5) is 20.6 Å². The van der Waals surface area contributed by atoms with Crippen LogP contribution in [-0.4, -0.2) is 40.0 Å². The minimum Gasteiger partial charge on any atom is -0.443 e. The number of rotatable bonds is 5. The minimum atomic E-state index is -3.37. The van der Waals surface area contributed by atoms with E-state index < -0.39 is 28.0 Å². The third-order valence-corrected chi connectivity index (χ3v) is 4.51. The molecule has 1 atom stereocenters. The second kappa shape index (κ2) is 6.93. The second-order valence-corrected chi connectivity index (χ2v) is 7.72. The number of halogens is 1. The van der Waals surface area contributed by atoms with Crippen LogP contribution in [0, 0.1) is 5.82 Å². The molecule has 1 heterocycles. The highest BCUT2D eigenvalue weighted by molar-refractivity contribution is 7.92. The van der Waals surface area contributed by atoms with Crippen LogP contribution >= 0.6 is 0 Å². The summed E-state index contributed by atoms with van der Waals surface area (Å²) in [4.78, 5) is 13.2. The molecule has 1 aliphatic heterocycles. The number of carbonyl (C=O) groups excluding carboxylic acids is 1. The van der Waals surface area contributed by atoms with Crippen molar-refractivity contribution in [2.75, 3.05) is 29.0 Å². The summed E-state index contributed by atoms with van der Waals surface area (Å²) < 4.78 is 44.4. The van der Waals surface area contributed by atoms with Crippen molar-refractivity contribution in [1.82, 2.24) is 0 Å². The van der Waals surface area contributed by atoms with E-state index in [1.54, 1.807) is 36.4 Å². The largest absolute Gasteiger partial charge is 0.443 e. The molecule has 138 valence electrons. The first kappa shape index (κ1) is 18.2. The third kappa shape index (κ3) is 3.94. The van der Waals surface area contributed by atoms with Crippen molar-refractivity contribution < 1.29 is 22.3 Å². The number of nitrogens with zero attached hydrogens (tertiary/aromatic N) is 1. The molecule has 1 saturated heterocycles. The van der Waals surface area contributed by atoms with Crippen molar-refractivity contribution >= 4 is 27.5 Å². The summed E-state index contributed by atoms with van der Waals surface area (Å²) in [7, 11) is -3.37. The molecule has 9 heteroatoms. The van der Waals surface area contributed by atoms with Crippen LogP contribution in [0.2, 0.25) is 0 Å². The van der Waals surface area contributed by atoms with Gasteiger partial charge in [-0.2, -0.15) is 0 Å². The Balaban J connectivity index is 1.83. The number of sulfonamides is 1. The summed E-state index contributed by atoms with van der Waals surface area (Å²) in [5.74, 6) is -0.504. The molecular formula is C17H18FN3O4S. The van der Waals surface area contributed by atoms with Gasteiger partial charge in [-0.05, 0) is 35.9 Å². The van der Waals surface area contributed by atoms with Crippen LogP contribution in [0.1, 0.15) is 0 Å². The first-order chi connectivity index (χ1) is 12.3. The molecule has 3 N–H and O–H groups in total. The fraction of sp³-hybridized carbons (Fsp3) is 0.235. The molecule has 0 saturated carbocycles. The molecule has 1 unspecified atom stereocenters. The lowest BCUT2D eigenvalue weighted by Crippen LogP contribution is -2.27. The van der Waals surface area contributed by atoms with Gasteiger partial charge in [-0.3, -0.25) is 9.62 Å². The molecule has 2 aromatic carbocycles. The molecule has 1 aliphatic rings. The summed E-state index contributed by atoms with van der Waals surface area (Å²) in [6, 6.07) is 10.8. The lowest BCUT2D eigenvalue weighted by molar-refractivity contribution is 0.145. The van der Waals surface area contributed by atoms with Crippen molar-refractivity contribution in [2.45, 2.75) is 6.10 Å². The fourth-order valence-electron chi connectivity index (χ4n) is 2.69. The molecular weight excluding hydrogens is 361 g/mol. The van der Waals surface area contributed by atoms with Gasteiger partial charge in [0.1, 0.15) is 11.9 Å². The van der Waals surface area contributed by atoms with Crippen LogP contribution in [-0.2, 0) is 14.8 Å². The maximum Gasteiger partial charge on any atom is 0.414 e. The molecule has 2 aromatic rings. The van der Waals surface area contributed by atoms with Gasteiger partial charge in [-0.1, -0.05) is 12.1 Å². The molecule has 0 aromatic heterocycles. The summed E-state index contributed by atoms with van der Waals surface area (Å²) in [5.41, 5.74) is 7.19. The lowest BCUT2D eigenvalue weighted by Gasteiger charge is -2.14. The smallest absolute Gasteiger partial charge is 0.414 e. The van der Waals surface area contributed by atoms with E-state index in [0.29, 0.717) is 22.5 Å². The van der Waals surface area contributed by atoms with Gasteiger partial charge in [-0.15, -0.1) is 0 Å². The van der Waals surface area contributed by atoms with Gasteiger partial charge in [0.25, 0.3) is 0 Å². The van der Waals surface area contributed by atoms with Crippen molar-refractivity contribution in [1.29, 1.82) is 0 Å². The van der Waals surface area contributed by atoms with E-state index in [4.69, 9.17) is 10.5 Å². The molecule has 0 aliphatic carbocycles. The number of hydrogen-bond donors (Lipinski definition) is 2. The van der Waals surface area contributed by atoms with Crippen molar-refractivity contribution in [3.05, 3.63) is 48.3 Å². The van der Waals surface area contributed by atoms with Crippen LogP contribution < -0.4 is 15.4 Å². The quantitative estimate of drug-likeness (QED) is 0.829. The SMILES string of the molecule is CS(=O)(=O)Nc1ccc(-c2ccc(N3CC(CN)OC3=O)cc2F)cc1. The van der Waals surface area contributed by atoms with Crippen molar-refractivity contribution in [2.24, 2.45) is 5.73 Å². The Bertz CT molecular complexity index is 932. The summed E-state index contributed by atoms with van der Waals surface area (Å²) in [5, 5.41) is 0. The Hall–Kier alpha value is -2.65. The zero-order valence-corrected chi connectivity index (χ0v) is 14.8. The monoisotopic (exact) mass is 379 g/mol. The fourth-order valence-corrected chi connectivity index (χ4v) is 3.26. The molecule has 1 amide bonds. The Labute approximate surface area is 150 Å². The predicted molar refractivity (Wildman–Crippen MR) is 97.0 cm³/mol. The number of benzene rings is 2. The van der Waals surface area contributed by atoms with Crippen LogP contribution in [0.15, 0.2) is 42.5 Å². The lowest BCUT2D eigenvalue weighted by atomic mass is 10.0. The number of carbonyl (C=O) groups is 1. The van der Waals surface area contributed by atoms with Gasteiger partial charge in [0, 0.05) is 17.8 Å². The van der Waals surface area contributed by atoms with Gasteiger partial charge < -0.3 is 10.5 Å². The normalized spacial score (nSPS) is 17.3. The summed E-state index contributed by atoms with van der Waals surface area (Å²) in [6.07, 6.45) is 0.0988. The standard InChI is InChI=1S/C17H18FN3O4S/c1-26(23,24)20-12-4-2-11(3-5-12)15-7-6-13(8-16(15)18)21-10-14(9-19)25-17(21)22/h2-8,14,20H,9-10,19H2,1H3. The van der Waals surface area contributed by atoms with Crippen LogP contribution in [0.3, 0.4) is 0 Å². The van der Waals surface area contributed by atoms with Gasteiger partial charge in [0.2, 0.25) is 10.0 Å². The maximum atomic E-state index is 14.6. The van der Waals surface area contributed by atoms with Gasteiger partial charge in [0.15, 0.2) is 0 Å². The Kier molecular flexibility index (Phi) is 4.84. The molecule has 26 heavy (non-hydrogen) atoms. The topological polar surface area (TPSA) is 102 Å². The van der Waals surface area contributed by atoms with E-state index in [-0.39, 0.29) is 13.1 Å². The number of nitrogens with two attached hydrogens (primary N) is 1. The van der Waals surface area contributed by atoms with Gasteiger partial charge in [0.05, 0.1) is 18.5 Å². The molecule has 0 spiro atoms. The molecule has 7 nitrogen and oxygen atoms in total. The zero-order chi connectivity index (χ0) is 18.9. The number of cyclic esters (lactones) is 1.